The largest absolute Gasteiger partial charge is 0.348 e. The first-order valence-corrected chi connectivity index (χ1v) is 9.53. The van der Waals surface area contributed by atoms with E-state index in [0.29, 0.717) is 12.1 Å². The van der Waals surface area contributed by atoms with E-state index in [0.717, 1.165) is 28.2 Å². The van der Waals surface area contributed by atoms with E-state index >= 15 is 0 Å². The van der Waals surface area contributed by atoms with Gasteiger partial charge in [0, 0.05) is 23.7 Å². The molecule has 0 unspecified atom stereocenters. The normalized spacial score (nSPS) is 10.7. The van der Waals surface area contributed by atoms with Crippen LogP contribution in [0.4, 0.5) is 0 Å². The lowest BCUT2D eigenvalue weighted by atomic mass is 10.1. The zero-order valence-electron chi connectivity index (χ0n) is 14.8. The Morgan fingerprint density at radius 3 is 2.78 bits per heavy atom. The zero-order chi connectivity index (χ0) is 18.6. The lowest BCUT2D eigenvalue weighted by molar-refractivity contribution is 0.0950. The number of nitrogens with one attached hydrogen (secondary N) is 1. The van der Waals surface area contributed by atoms with Gasteiger partial charge in [0.05, 0.1) is 28.8 Å². The monoisotopic (exact) mass is 374 g/mol. The van der Waals surface area contributed by atoms with Crippen LogP contribution in [0.15, 0.2) is 71.7 Å². The number of aromatic nitrogens is 3. The predicted octanol–water partition coefficient (Wildman–Crippen LogP) is 4.23. The molecule has 0 aliphatic rings. The SMILES string of the molecule is Cc1c(C(=O)NCc2cccnc2-c2ccsc2)cnn1-c1ccccc1. The van der Waals surface area contributed by atoms with Crippen LogP contribution >= 0.6 is 11.3 Å². The van der Waals surface area contributed by atoms with Crippen molar-refractivity contribution in [2.24, 2.45) is 0 Å². The van der Waals surface area contributed by atoms with Crippen LogP contribution in [0.5, 0.6) is 0 Å². The van der Waals surface area contributed by atoms with Gasteiger partial charge >= 0.3 is 0 Å². The van der Waals surface area contributed by atoms with Gasteiger partial charge in [-0.2, -0.15) is 16.4 Å². The summed E-state index contributed by atoms with van der Waals surface area (Å²) in [6, 6.07) is 15.7. The number of amides is 1. The molecule has 0 atom stereocenters. The van der Waals surface area contributed by atoms with Crippen LogP contribution in [0.25, 0.3) is 16.9 Å². The molecule has 0 saturated heterocycles. The summed E-state index contributed by atoms with van der Waals surface area (Å²) in [5.74, 6) is -0.144. The first-order chi connectivity index (χ1) is 13.2. The molecule has 0 aliphatic heterocycles. The van der Waals surface area contributed by atoms with E-state index in [-0.39, 0.29) is 5.91 Å². The fourth-order valence-corrected chi connectivity index (χ4v) is 3.61. The number of benzene rings is 1. The molecule has 1 amide bonds. The van der Waals surface area contributed by atoms with Crippen molar-refractivity contribution in [2.75, 3.05) is 0 Å². The summed E-state index contributed by atoms with van der Waals surface area (Å²) in [5, 5.41) is 11.4. The average Bonchev–Trinajstić information content (AvgIpc) is 3.37. The highest BCUT2D eigenvalue weighted by Gasteiger charge is 2.16. The van der Waals surface area contributed by atoms with E-state index in [1.54, 1.807) is 28.4 Å². The lowest BCUT2D eigenvalue weighted by Crippen LogP contribution is -2.23. The first-order valence-electron chi connectivity index (χ1n) is 8.59. The second kappa shape index (κ2) is 7.55. The molecule has 0 bridgehead atoms. The number of nitrogens with zero attached hydrogens (tertiary/aromatic N) is 3. The van der Waals surface area contributed by atoms with E-state index in [9.17, 15) is 4.79 Å². The molecule has 134 valence electrons. The zero-order valence-corrected chi connectivity index (χ0v) is 15.6. The molecule has 4 aromatic rings. The number of carbonyl (C=O) groups is 1. The van der Waals surface area contributed by atoms with Crippen molar-refractivity contribution in [1.29, 1.82) is 0 Å². The summed E-state index contributed by atoms with van der Waals surface area (Å²) in [6.07, 6.45) is 3.38. The third-order valence-corrected chi connectivity index (χ3v) is 5.06. The summed E-state index contributed by atoms with van der Waals surface area (Å²) in [6.45, 7) is 2.31. The van der Waals surface area contributed by atoms with Gasteiger partial charge in [0.2, 0.25) is 0 Å². The summed E-state index contributed by atoms with van der Waals surface area (Å²) in [7, 11) is 0. The third-order valence-electron chi connectivity index (χ3n) is 4.38. The number of rotatable bonds is 5. The summed E-state index contributed by atoms with van der Waals surface area (Å²) >= 11 is 1.63. The van der Waals surface area contributed by atoms with Crippen LogP contribution in [0.2, 0.25) is 0 Å². The highest BCUT2D eigenvalue weighted by atomic mass is 32.1. The van der Waals surface area contributed by atoms with Crippen LogP contribution in [-0.2, 0) is 6.54 Å². The standard InChI is InChI=1S/C21H18N4OS/c1-15-19(13-24-25(15)18-7-3-2-4-8-18)21(26)23-12-16-6-5-10-22-20(16)17-9-11-27-14-17/h2-11,13-14H,12H2,1H3,(H,23,26). The number of thiophene rings is 1. The van der Waals surface area contributed by atoms with Gasteiger partial charge in [-0.25, -0.2) is 4.68 Å². The minimum Gasteiger partial charge on any atom is -0.348 e. The number of para-hydroxylation sites is 1. The lowest BCUT2D eigenvalue weighted by Gasteiger charge is -2.09. The predicted molar refractivity (Wildman–Crippen MR) is 107 cm³/mol. The second-order valence-electron chi connectivity index (χ2n) is 6.10. The summed E-state index contributed by atoms with van der Waals surface area (Å²) < 4.78 is 1.77. The molecule has 0 radical (unpaired) electrons. The quantitative estimate of drug-likeness (QED) is 0.569. The summed E-state index contributed by atoms with van der Waals surface area (Å²) in [5.41, 5.74) is 5.26. The van der Waals surface area contributed by atoms with Crippen molar-refractivity contribution < 1.29 is 4.79 Å². The number of hydrogen-bond acceptors (Lipinski definition) is 4. The molecule has 1 aromatic carbocycles. The molecule has 0 aliphatic carbocycles. The molecular formula is C21H18N4OS. The van der Waals surface area contributed by atoms with Gasteiger partial charge in [-0.15, -0.1) is 0 Å². The van der Waals surface area contributed by atoms with Crippen LogP contribution in [0, 0.1) is 6.92 Å². The molecule has 5 nitrogen and oxygen atoms in total. The van der Waals surface area contributed by atoms with Crippen molar-refractivity contribution >= 4 is 17.2 Å². The van der Waals surface area contributed by atoms with Crippen molar-refractivity contribution in [1.82, 2.24) is 20.1 Å². The minimum absolute atomic E-state index is 0.144. The maximum absolute atomic E-state index is 12.7. The fraction of sp³-hybridized carbons (Fsp3) is 0.0952. The average molecular weight is 374 g/mol. The van der Waals surface area contributed by atoms with Gasteiger partial charge in [0.25, 0.3) is 5.91 Å². The fourth-order valence-electron chi connectivity index (χ4n) is 2.97. The van der Waals surface area contributed by atoms with Crippen LogP contribution in [-0.4, -0.2) is 20.7 Å². The van der Waals surface area contributed by atoms with Gasteiger partial charge in [-0.1, -0.05) is 24.3 Å². The summed E-state index contributed by atoms with van der Waals surface area (Å²) in [4.78, 5) is 17.2. The molecule has 0 saturated carbocycles. The van der Waals surface area contributed by atoms with Crippen molar-refractivity contribution in [3.8, 4) is 16.9 Å². The van der Waals surface area contributed by atoms with Crippen molar-refractivity contribution in [2.45, 2.75) is 13.5 Å². The smallest absolute Gasteiger partial charge is 0.255 e. The highest BCUT2D eigenvalue weighted by Crippen LogP contribution is 2.23. The van der Waals surface area contributed by atoms with Crippen LogP contribution in [0.3, 0.4) is 0 Å². The Morgan fingerprint density at radius 1 is 1.15 bits per heavy atom. The molecule has 0 fully saturated rings. The Kier molecular flexibility index (Phi) is 4.80. The molecule has 27 heavy (non-hydrogen) atoms. The maximum Gasteiger partial charge on any atom is 0.255 e. The molecule has 6 heteroatoms. The van der Waals surface area contributed by atoms with Gasteiger partial charge in [0.15, 0.2) is 0 Å². The third kappa shape index (κ3) is 3.52. The van der Waals surface area contributed by atoms with Gasteiger partial charge in [-0.05, 0) is 42.1 Å². The van der Waals surface area contributed by atoms with Crippen LogP contribution in [0.1, 0.15) is 21.6 Å². The maximum atomic E-state index is 12.7. The number of pyridine rings is 1. The minimum atomic E-state index is -0.144. The van der Waals surface area contributed by atoms with E-state index in [1.807, 2.05) is 60.8 Å². The Labute approximate surface area is 161 Å². The number of carbonyl (C=O) groups excluding carboxylic acids is 1. The molecular weight excluding hydrogens is 356 g/mol. The Morgan fingerprint density at radius 2 is 2.00 bits per heavy atom. The Bertz CT molecular complexity index is 1060. The van der Waals surface area contributed by atoms with E-state index in [4.69, 9.17) is 0 Å². The molecule has 4 rings (SSSR count). The number of hydrogen-bond donors (Lipinski definition) is 1. The van der Waals surface area contributed by atoms with Gasteiger partial charge in [-0.3, -0.25) is 9.78 Å². The topological polar surface area (TPSA) is 59.8 Å². The molecule has 3 heterocycles. The van der Waals surface area contributed by atoms with Gasteiger partial charge in [0.1, 0.15) is 0 Å². The highest BCUT2D eigenvalue weighted by molar-refractivity contribution is 7.08. The molecule has 1 N–H and O–H groups in total. The molecule has 3 aromatic heterocycles. The van der Waals surface area contributed by atoms with E-state index in [2.05, 4.69) is 20.8 Å². The van der Waals surface area contributed by atoms with E-state index in [1.165, 1.54) is 0 Å². The van der Waals surface area contributed by atoms with Crippen LogP contribution < -0.4 is 5.32 Å². The molecule has 0 spiro atoms. The van der Waals surface area contributed by atoms with Crippen molar-refractivity contribution in [3.05, 3.63) is 88.5 Å². The Balaban J connectivity index is 1.53. The van der Waals surface area contributed by atoms with Crippen molar-refractivity contribution in [3.63, 3.8) is 0 Å². The first kappa shape index (κ1) is 17.2. The van der Waals surface area contributed by atoms with Gasteiger partial charge < -0.3 is 5.32 Å². The second-order valence-corrected chi connectivity index (χ2v) is 6.88. The Hall–Kier alpha value is -3.25. The van der Waals surface area contributed by atoms with E-state index < -0.39 is 0 Å².